The molecule has 2 saturated carbocycles. The first-order valence-electron chi connectivity index (χ1n) is 23.6. The summed E-state index contributed by atoms with van der Waals surface area (Å²) in [5.41, 5.74) is 3.16. The number of para-hydroxylation sites is 2. The van der Waals surface area contributed by atoms with Crippen LogP contribution in [-0.2, 0) is 28.4 Å². The smallest absolute Gasteiger partial charge is 0.268 e. The number of nitrogens with one attached hydrogen (secondary N) is 4. The number of nitrogens with zero attached hydrogens (tertiary/aromatic N) is 6. The third-order valence-corrected chi connectivity index (χ3v) is 13.5. The number of aryl methyl sites for hydroxylation is 2. The number of benzene rings is 2. The molecule has 2 aliphatic carbocycles. The molecule has 4 aromatic rings. The van der Waals surface area contributed by atoms with Crippen molar-refractivity contribution in [3.8, 4) is 12.1 Å². The molecule has 6 atom stereocenters. The number of carbonyl (C=O) groups excluding carboxylic acids is 4. The van der Waals surface area contributed by atoms with Gasteiger partial charge in [-0.25, -0.2) is 0 Å². The van der Waals surface area contributed by atoms with E-state index in [9.17, 15) is 29.7 Å². The highest BCUT2D eigenvalue weighted by Crippen LogP contribution is 2.28. The van der Waals surface area contributed by atoms with Crippen LogP contribution in [0.2, 0.25) is 0 Å². The monoisotopic (exact) mass is 889 g/mol. The van der Waals surface area contributed by atoms with Crippen molar-refractivity contribution in [2.45, 2.75) is 102 Å². The predicted octanol–water partition coefficient (Wildman–Crippen LogP) is 5.40. The normalized spacial score (nSPS) is 21.2. The molecule has 15 nitrogen and oxygen atoms in total. The number of amides is 4. The van der Waals surface area contributed by atoms with Crippen LogP contribution in [0.3, 0.4) is 0 Å². The van der Waals surface area contributed by atoms with Crippen LogP contribution >= 0.6 is 0 Å². The van der Waals surface area contributed by atoms with E-state index in [1.807, 2.05) is 83.9 Å². The van der Waals surface area contributed by atoms with Crippen LogP contribution in [-0.4, -0.2) is 120 Å². The molecule has 7 rings (SSSR count). The Balaban J connectivity index is 0.000000221. The zero-order valence-electron chi connectivity index (χ0n) is 38.7. The first-order valence-corrected chi connectivity index (χ1v) is 23.6. The van der Waals surface area contributed by atoms with Gasteiger partial charge >= 0.3 is 0 Å². The molecule has 15 heteroatoms. The Bertz CT molecular complexity index is 2320. The molecular formula is C50H68N10O5. The van der Waals surface area contributed by atoms with Gasteiger partial charge in [-0.1, -0.05) is 69.0 Å². The second-order valence-electron chi connectivity index (χ2n) is 17.9. The van der Waals surface area contributed by atoms with Gasteiger partial charge in [0.25, 0.3) is 11.8 Å². The Hall–Kier alpha value is -5.74. The summed E-state index contributed by atoms with van der Waals surface area (Å²) in [6.45, 7) is 8.72. The van der Waals surface area contributed by atoms with Crippen LogP contribution in [0.1, 0.15) is 98.5 Å². The lowest BCUT2D eigenvalue weighted by Crippen LogP contribution is -2.51. The van der Waals surface area contributed by atoms with Crippen molar-refractivity contribution in [2.75, 3.05) is 53.0 Å². The summed E-state index contributed by atoms with van der Waals surface area (Å²) in [7, 11) is 5.33. The Morgan fingerprint density at radius 1 is 0.662 bits per heavy atom. The molecule has 0 bridgehead atoms. The molecule has 348 valence electrons. The van der Waals surface area contributed by atoms with Gasteiger partial charge < -0.3 is 44.9 Å². The lowest BCUT2D eigenvalue weighted by molar-refractivity contribution is -0.128. The largest absolute Gasteiger partial charge is 0.385 e. The van der Waals surface area contributed by atoms with Gasteiger partial charge in [-0.05, 0) is 69.3 Å². The molecule has 3 aliphatic rings. The van der Waals surface area contributed by atoms with Crippen molar-refractivity contribution in [1.82, 2.24) is 40.2 Å². The highest BCUT2D eigenvalue weighted by atomic mass is 16.5. The molecule has 0 unspecified atom stereocenters. The van der Waals surface area contributed by atoms with E-state index >= 15 is 0 Å². The first-order chi connectivity index (χ1) is 31.5. The minimum Gasteiger partial charge on any atom is -0.385 e. The van der Waals surface area contributed by atoms with Crippen molar-refractivity contribution in [3.05, 3.63) is 72.1 Å². The first kappa shape index (κ1) is 48.7. The summed E-state index contributed by atoms with van der Waals surface area (Å²) in [5, 5.41) is 33.0. The third kappa shape index (κ3) is 12.8. The Kier molecular flexibility index (Phi) is 18.0. The van der Waals surface area contributed by atoms with E-state index in [1.165, 1.54) is 6.42 Å². The number of fused-ring (bicyclic) bond motifs is 2. The van der Waals surface area contributed by atoms with Crippen molar-refractivity contribution >= 4 is 45.4 Å². The summed E-state index contributed by atoms with van der Waals surface area (Å²) in [6.07, 6.45) is 9.03. The fourth-order valence-electron chi connectivity index (χ4n) is 9.73. The van der Waals surface area contributed by atoms with E-state index in [-0.39, 0.29) is 47.5 Å². The summed E-state index contributed by atoms with van der Waals surface area (Å²) in [4.78, 5) is 57.0. The molecular weight excluding hydrogens is 821 g/mol. The van der Waals surface area contributed by atoms with E-state index in [0.29, 0.717) is 37.3 Å². The van der Waals surface area contributed by atoms with Crippen LogP contribution in [0, 0.1) is 34.5 Å². The molecule has 3 heterocycles. The number of methoxy groups -OCH3 is 1. The molecule has 2 aromatic heterocycles. The van der Waals surface area contributed by atoms with Gasteiger partial charge in [0.2, 0.25) is 11.8 Å². The molecule has 0 spiro atoms. The van der Waals surface area contributed by atoms with Gasteiger partial charge in [0.15, 0.2) is 0 Å². The molecule has 1 saturated heterocycles. The van der Waals surface area contributed by atoms with Crippen molar-refractivity contribution in [1.29, 1.82) is 10.5 Å². The molecule has 4 N–H and O–H groups in total. The lowest BCUT2D eigenvalue weighted by Gasteiger charge is -2.35. The quantitative estimate of drug-likeness (QED) is 0.114. The van der Waals surface area contributed by atoms with Crippen LogP contribution < -0.4 is 21.3 Å². The van der Waals surface area contributed by atoms with E-state index in [1.54, 1.807) is 7.11 Å². The molecule has 0 radical (unpaired) electrons. The summed E-state index contributed by atoms with van der Waals surface area (Å²) >= 11 is 0. The van der Waals surface area contributed by atoms with Gasteiger partial charge in [0.1, 0.15) is 23.5 Å². The second-order valence-corrected chi connectivity index (χ2v) is 17.9. The maximum absolute atomic E-state index is 13.2. The Labute approximate surface area is 383 Å². The third-order valence-electron chi connectivity index (χ3n) is 13.5. The van der Waals surface area contributed by atoms with E-state index in [4.69, 9.17) is 4.74 Å². The summed E-state index contributed by atoms with van der Waals surface area (Å²) in [5.74, 6) is -1.26. The van der Waals surface area contributed by atoms with E-state index in [2.05, 4.69) is 50.1 Å². The molecule has 2 aromatic carbocycles. The number of ether oxygens (including phenoxy) is 1. The number of aromatic nitrogens is 2. The van der Waals surface area contributed by atoms with Crippen LogP contribution in [0.25, 0.3) is 21.8 Å². The standard InChI is InChI=1S/C28H40N6O2.C22H28N4O3/c1-3-13-33-15-17-34(18-16-33)14-12-22(20-29)30-27(35)23-9-5-6-10-24(23)31-28(36)26-19-21-8-4-7-11-25(21)32(26)2;1-26-19-10-6-3-7-15(19)13-20(26)22(28)25-18-9-5-4-8-17(18)21(27)24-16(14-23)11-12-29-2/h4,7-8,11,19,22-24H,3,5-6,9-10,12-18H2,1-2H3,(H,30,35)(H,31,36);3,6-7,10,13,16-18H,4-5,8-9,11-12H2,1-2H3,(H,24,27)(H,25,28)/t22-,23+,24-;16-,17+,18-/m00/s1. The summed E-state index contributed by atoms with van der Waals surface area (Å²) in [6, 6.07) is 22.4. The minimum atomic E-state index is -0.584. The summed E-state index contributed by atoms with van der Waals surface area (Å²) < 4.78 is 8.77. The number of hydrogen-bond acceptors (Lipinski definition) is 9. The van der Waals surface area contributed by atoms with Crippen LogP contribution in [0.5, 0.6) is 0 Å². The Morgan fingerprint density at radius 3 is 1.52 bits per heavy atom. The van der Waals surface area contributed by atoms with Crippen molar-refractivity contribution in [3.63, 3.8) is 0 Å². The van der Waals surface area contributed by atoms with Gasteiger partial charge in [0, 0.05) is 101 Å². The fraction of sp³-hybridized carbons (Fsp3) is 0.560. The topological polar surface area (TPSA) is 190 Å². The van der Waals surface area contributed by atoms with Gasteiger partial charge in [-0.3, -0.25) is 19.2 Å². The highest BCUT2D eigenvalue weighted by Gasteiger charge is 2.35. The maximum atomic E-state index is 13.2. The van der Waals surface area contributed by atoms with Gasteiger partial charge in [-0.15, -0.1) is 0 Å². The van der Waals surface area contributed by atoms with E-state index < -0.39 is 12.1 Å². The van der Waals surface area contributed by atoms with Gasteiger partial charge in [0.05, 0.1) is 24.0 Å². The molecule has 65 heavy (non-hydrogen) atoms. The van der Waals surface area contributed by atoms with Crippen molar-refractivity contribution < 1.29 is 23.9 Å². The number of nitriles is 2. The SMILES string of the molecule is CCCN1CCN(CC[C@@H](C#N)NC(=O)[C@@H]2CCCC[C@@H]2NC(=O)c2cc3ccccc3n2C)CC1.COCC[C@@H](C#N)NC(=O)[C@@H]1CCCC[C@@H]1NC(=O)c1cc2ccccc2n1C. The lowest BCUT2D eigenvalue weighted by atomic mass is 9.83. The second kappa shape index (κ2) is 24.0. The fourth-order valence-corrected chi connectivity index (χ4v) is 9.73. The highest BCUT2D eigenvalue weighted by molar-refractivity contribution is 6.00. The number of carbonyl (C=O) groups is 4. The average molecular weight is 889 g/mol. The number of rotatable bonds is 16. The number of hydrogen-bond donors (Lipinski definition) is 4. The average Bonchev–Trinajstić information content (AvgIpc) is 3.86. The number of piperazine rings is 1. The predicted molar refractivity (Wildman–Crippen MR) is 252 cm³/mol. The van der Waals surface area contributed by atoms with E-state index in [0.717, 1.165) is 106 Å². The van der Waals surface area contributed by atoms with Crippen LogP contribution in [0.4, 0.5) is 0 Å². The van der Waals surface area contributed by atoms with Gasteiger partial charge in [-0.2, -0.15) is 10.5 Å². The molecule has 3 fully saturated rings. The zero-order valence-corrected chi connectivity index (χ0v) is 38.7. The zero-order chi connectivity index (χ0) is 46.3. The van der Waals surface area contributed by atoms with Crippen LogP contribution in [0.15, 0.2) is 60.7 Å². The molecule has 1 aliphatic heterocycles. The minimum absolute atomic E-state index is 0.114. The van der Waals surface area contributed by atoms with Crippen molar-refractivity contribution in [2.24, 2.45) is 25.9 Å². The Morgan fingerprint density at radius 2 is 1.09 bits per heavy atom. The maximum Gasteiger partial charge on any atom is 0.268 e. The molecule has 4 amide bonds.